The van der Waals surface area contributed by atoms with Crippen LogP contribution < -0.4 is 15.4 Å². The van der Waals surface area contributed by atoms with Gasteiger partial charge in [-0.25, -0.2) is 4.98 Å². The smallest absolute Gasteiger partial charge is 0.271 e. The average Bonchev–Trinajstić information content (AvgIpc) is 2.62. The highest BCUT2D eigenvalue weighted by atomic mass is 35.5. The van der Waals surface area contributed by atoms with Gasteiger partial charge in [-0.15, -0.1) is 0 Å². The summed E-state index contributed by atoms with van der Waals surface area (Å²) in [6.45, 7) is 4.20. The molecular weight excluding hydrogens is 344 g/mol. The van der Waals surface area contributed by atoms with E-state index >= 15 is 0 Å². The molecule has 2 rings (SSSR count). The summed E-state index contributed by atoms with van der Waals surface area (Å²) in [6.07, 6.45) is 4.30. The van der Waals surface area contributed by atoms with E-state index in [2.05, 4.69) is 20.6 Å². The number of benzene rings is 1. The Hall–Kier alpha value is -2.67. The molecule has 2 aromatic rings. The number of nitrogens with one attached hydrogen (secondary N) is 2. The van der Waals surface area contributed by atoms with Gasteiger partial charge in [0.1, 0.15) is 11.4 Å². The molecular formula is C17H19ClN4O3. The summed E-state index contributed by atoms with van der Waals surface area (Å²) in [4.78, 5) is 31.2. The molecule has 1 aromatic carbocycles. The third kappa shape index (κ3) is 5.72. The zero-order chi connectivity index (χ0) is 18.2. The molecule has 2 N–H and O–H groups in total. The Morgan fingerprint density at radius 1 is 1.12 bits per heavy atom. The summed E-state index contributed by atoms with van der Waals surface area (Å²) in [5, 5.41) is 5.99. The molecule has 0 aliphatic carbocycles. The van der Waals surface area contributed by atoms with Crippen molar-refractivity contribution in [2.75, 3.05) is 19.7 Å². The summed E-state index contributed by atoms with van der Waals surface area (Å²) in [7, 11) is 0. The summed E-state index contributed by atoms with van der Waals surface area (Å²) in [5.41, 5.74) is 2.01. The molecule has 2 amide bonds. The molecule has 0 fully saturated rings. The second-order valence-corrected chi connectivity index (χ2v) is 5.73. The predicted octanol–water partition coefficient (Wildman–Crippen LogP) is 1.67. The van der Waals surface area contributed by atoms with Crippen LogP contribution in [0.25, 0.3) is 0 Å². The van der Waals surface area contributed by atoms with Crippen LogP contribution in [0.2, 0.25) is 5.02 Å². The molecule has 25 heavy (non-hydrogen) atoms. The van der Waals surface area contributed by atoms with Gasteiger partial charge in [-0.2, -0.15) is 0 Å². The van der Waals surface area contributed by atoms with Gasteiger partial charge >= 0.3 is 0 Å². The first-order chi connectivity index (χ1) is 12.0. The molecule has 0 radical (unpaired) electrons. The standard InChI is InChI=1S/C17H19ClN4O3/c1-11-7-13(8-12(2)16(11)18)25-10-15(23)21-5-6-22-17(24)14-9-19-3-4-20-14/h3-4,7-9H,5-6,10H2,1-2H3,(H,21,23)(H,22,24). The van der Waals surface area contributed by atoms with E-state index < -0.39 is 0 Å². The quantitative estimate of drug-likeness (QED) is 0.731. The van der Waals surface area contributed by atoms with Crippen molar-refractivity contribution in [2.24, 2.45) is 0 Å². The number of carbonyl (C=O) groups is 2. The van der Waals surface area contributed by atoms with Crippen LogP contribution in [0.4, 0.5) is 0 Å². The fourth-order valence-electron chi connectivity index (χ4n) is 2.07. The first-order valence-electron chi connectivity index (χ1n) is 7.68. The molecule has 0 atom stereocenters. The van der Waals surface area contributed by atoms with Crippen molar-refractivity contribution in [3.8, 4) is 5.75 Å². The summed E-state index contributed by atoms with van der Waals surface area (Å²) >= 11 is 6.09. The number of hydrogen-bond acceptors (Lipinski definition) is 5. The molecule has 0 saturated heterocycles. The van der Waals surface area contributed by atoms with E-state index in [0.29, 0.717) is 10.8 Å². The Balaban J connectivity index is 1.68. The zero-order valence-electron chi connectivity index (χ0n) is 14.0. The molecule has 0 aliphatic heterocycles. The molecule has 0 aliphatic rings. The minimum atomic E-state index is -0.342. The van der Waals surface area contributed by atoms with Gasteiger partial charge < -0.3 is 15.4 Å². The van der Waals surface area contributed by atoms with Crippen LogP contribution in [0.3, 0.4) is 0 Å². The summed E-state index contributed by atoms with van der Waals surface area (Å²) < 4.78 is 5.46. The zero-order valence-corrected chi connectivity index (χ0v) is 14.8. The van der Waals surface area contributed by atoms with Crippen molar-refractivity contribution in [1.82, 2.24) is 20.6 Å². The van der Waals surface area contributed by atoms with Gasteiger partial charge in [-0.1, -0.05) is 11.6 Å². The van der Waals surface area contributed by atoms with Crippen LogP contribution in [-0.2, 0) is 4.79 Å². The van der Waals surface area contributed by atoms with Crippen molar-refractivity contribution in [3.05, 3.63) is 52.6 Å². The van der Waals surface area contributed by atoms with E-state index in [-0.39, 0.29) is 37.2 Å². The van der Waals surface area contributed by atoms with Crippen molar-refractivity contribution in [2.45, 2.75) is 13.8 Å². The largest absolute Gasteiger partial charge is 0.484 e. The Morgan fingerprint density at radius 2 is 1.80 bits per heavy atom. The molecule has 0 unspecified atom stereocenters. The van der Waals surface area contributed by atoms with Crippen LogP contribution in [0.5, 0.6) is 5.75 Å². The maximum Gasteiger partial charge on any atom is 0.271 e. The van der Waals surface area contributed by atoms with E-state index in [9.17, 15) is 9.59 Å². The fourth-order valence-corrected chi connectivity index (χ4v) is 2.18. The normalized spacial score (nSPS) is 10.2. The number of amides is 2. The number of hydrogen-bond donors (Lipinski definition) is 2. The second-order valence-electron chi connectivity index (χ2n) is 5.36. The third-order valence-corrected chi connectivity index (χ3v) is 3.90. The van der Waals surface area contributed by atoms with Crippen molar-refractivity contribution in [3.63, 3.8) is 0 Å². The van der Waals surface area contributed by atoms with Crippen LogP contribution >= 0.6 is 11.6 Å². The van der Waals surface area contributed by atoms with E-state index in [1.807, 2.05) is 13.8 Å². The van der Waals surface area contributed by atoms with Gasteiger partial charge in [0, 0.05) is 30.5 Å². The molecule has 0 bridgehead atoms. The Labute approximate surface area is 150 Å². The van der Waals surface area contributed by atoms with Crippen LogP contribution in [-0.4, -0.2) is 41.5 Å². The molecule has 0 saturated carbocycles. The summed E-state index contributed by atoms with van der Waals surface area (Å²) in [6, 6.07) is 3.56. The number of aryl methyl sites for hydroxylation is 2. The van der Waals surface area contributed by atoms with E-state index in [0.717, 1.165) is 11.1 Å². The van der Waals surface area contributed by atoms with E-state index in [1.165, 1.54) is 18.6 Å². The fraction of sp³-hybridized carbons (Fsp3) is 0.294. The number of halogens is 1. The lowest BCUT2D eigenvalue weighted by Gasteiger charge is -2.10. The van der Waals surface area contributed by atoms with E-state index in [4.69, 9.17) is 16.3 Å². The first kappa shape index (κ1) is 18.7. The number of ether oxygens (including phenoxy) is 1. The number of carbonyl (C=O) groups excluding carboxylic acids is 2. The Kier molecular flexibility index (Phi) is 6.71. The highest BCUT2D eigenvalue weighted by molar-refractivity contribution is 6.32. The Bertz CT molecular complexity index is 730. The lowest BCUT2D eigenvalue weighted by molar-refractivity contribution is -0.123. The van der Waals surface area contributed by atoms with Gasteiger partial charge in [-0.05, 0) is 37.1 Å². The maximum absolute atomic E-state index is 11.8. The monoisotopic (exact) mass is 362 g/mol. The highest BCUT2D eigenvalue weighted by Crippen LogP contribution is 2.25. The molecule has 1 aromatic heterocycles. The van der Waals surface area contributed by atoms with Crippen LogP contribution in [0.1, 0.15) is 21.6 Å². The van der Waals surface area contributed by atoms with Crippen molar-refractivity contribution in [1.29, 1.82) is 0 Å². The van der Waals surface area contributed by atoms with Crippen molar-refractivity contribution >= 4 is 23.4 Å². The molecule has 7 nitrogen and oxygen atoms in total. The van der Waals surface area contributed by atoms with Gasteiger partial charge in [0.15, 0.2) is 6.61 Å². The molecule has 8 heteroatoms. The average molecular weight is 363 g/mol. The van der Waals surface area contributed by atoms with Crippen LogP contribution in [0.15, 0.2) is 30.7 Å². The van der Waals surface area contributed by atoms with E-state index in [1.54, 1.807) is 12.1 Å². The van der Waals surface area contributed by atoms with Crippen molar-refractivity contribution < 1.29 is 14.3 Å². The molecule has 0 spiro atoms. The highest BCUT2D eigenvalue weighted by Gasteiger charge is 2.08. The van der Waals surface area contributed by atoms with Gasteiger partial charge in [0.05, 0.1) is 6.20 Å². The molecule has 1 heterocycles. The number of rotatable bonds is 7. The topological polar surface area (TPSA) is 93.2 Å². The second kappa shape index (κ2) is 8.98. The minimum Gasteiger partial charge on any atom is -0.484 e. The molecule has 132 valence electrons. The van der Waals surface area contributed by atoms with Gasteiger partial charge in [0.25, 0.3) is 11.8 Å². The maximum atomic E-state index is 11.8. The summed E-state index contributed by atoms with van der Waals surface area (Å²) in [5.74, 6) is -0.0322. The number of aromatic nitrogens is 2. The first-order valence-corrected chi connectivity index (χ1v) is 8.05. The lowest BCUT2D eigenvalue weighted by Crippen LogP contribution is -2.37. The van der Waals surface area contributed by atoms with Gasteiger partial charge in [-0.3, -0.25) is 14.6 Å². The van der Waals surface area contributed by atoms with Crippen LogP contribution in [0, 0.1) is 13.8 Å². The predicted molar refractivity (Wildman–Crippen MR) is 93.8 cm³/mol. The van der Waals surface area contributed by atoms with Gasteiger partial charge in [0.2, 0.25) is 0 Å². The lowest BCUT2D eigenvalue weighted by atomic mass is 10.1. The SMILES string of the molecule is Cc1cc(OCC(=O)NCCNC(=O)c2cnccn2)cc(C)c1Cl. The minimum absolute atomic E-state index is 0.112. The Morgan fingerprint density at radius 3 is 2.44 bits per heavy atom. The number of nitrogens with zero attached hydrogens (tertiary/aromatic N) is 2. The third-order valence-electron chi connectivity index (χ3n) is 3.31.